The lowest BCUT2D eigenvalue weighted by Crippen LogP contribution is -2.47. The Morgan fingerprint density at radius 2 is 2.21 bits per heavy atom. The molecule has 1 aromatic rings. The van der Waals surface area contributed by atoms with Crippen molar-refractivity contribution in [1.29, 1.82) is 0 Å². The molecule has 0 heterocycles. The standard InChI is InChI=1S/C14H21NO3S/c1-10-5-4-6-11(9-10)18-7-8-19-14(2,3)12(15)13(16)17/h4-6,9,12H,7-8,15H2,1-3H3,(H,16,17)/t12-/m1/s1. The van der Waals surface area contributed by atoms with Gasteiger partial charge in [-0.1, -0.05) is 12.1 Å². The van der Waals surface area contributed by atoms with Crippen LogP contribution in [0.5, 0.6) is 5.75 Å². The van der Waals surface area contributed by atoms with Crippen LogP contribution in [0.3, 0.4) is 0 Å². The van der Waals surface area contributed by atoms with Crippen molar-refractivity contribution in [3.05, 3.63) is 29.8 Å². The second kappa shape index (κ2) is 6.82. The third-order valence-electron chi connectivity index (χ3n) is 2.83. The fraction of sp³-hybridized carbons (Fsp3) is 0.500. The van der Waals surface area contributed by atoms with Crippen molar-refractivity contribution in [1.82, 2.24) is 0 Å². The van der Waals surface area contributed by atoms with Crippen LogP contribution in [0.4, 0.5) is 0 Å². The molecule has 0 aromatic heterocycles. The maximum Gasteiger partial charge on any atom is 0.321 e. The lowest BCUT2D eigenvalue weighted by atomic mass is 10.1. The third-order valence-corrected chi connectivity index (χ3v) is 4.20. The molecule has 4 nitrogen and oxygen atoms in total. The van der Waals surface area contributed by atoms with Gasteiger partial charge in [-0.3, -0.25) is 4.79 Å². The second-order valence-electron chi connectivity index (χ2n) is 4.93. The first-order chi connectivity index (χ1) is 8.83. The summed E-state index contributed by atoms with van der Waals surface area (Å²) in [4.78, 5) is 10.9. The van der Waals surface area contributed by atoms with Gasteiger partial charge in [0.2, 0.25) is 0 Å². The number of carboxylic acids is 1. The van der Waals surface area contributed by atoms with Crippen molar-refractivity contribution in [2.75, 3.05) is 12.4 Å². The summed E-state index contributed by atoms with van der Waals surface area (Å²) in [5.74, 6) is 0.556. The van der Waals surface area contributed by atoms with Gasteiger partial charge in [0.25, 0.3) is 0 Å². The highest BCUT2D eigenvalue weighted by atomic mass is 32.2. The number of thioether (sulfide) groups is 1. The molecule has 0 unspecified atom stereocenters. The number of rotatable bonds is 7. The summed E-state index contributed by atoms with van der Waals surface area (Å²) < 4.78 is 5.10. The van der Waals surface area contributed by atoms with E-state index in [-0.39, 0.29) is 0 Å². The second-order valence-corrected chi connectivity index (χ2v) is 6.68. The van der Waals surface area contributed by atoms with Crippen LogP contribution in [-0.4, -0.2) is 34.2 Å². The van der Waals surface area contributed by atoms with E-state index in [9.17, 15) is 4.79 Å². The summed E-state index contributed by atoms with van der Waals surface area (Å²) in [6.07, 6.45) is 0. The van der Waals surface area contributed by atoms with Crippen LogP contribution < -0.4 is 10.5 Å². The highest BCUT2D eigenvalue weighted by molar-refractivity contribution is 8.00. The normalized spacial score (nSPS) is 13.1. The number of carbonyl (C=O) groups is 1. The van der Waals surface area contributed by atoms with Crippen molar-refractivity contribution < 1.29 is 14.6 Å². The molecule has 1 atom stereocenters. The zero-order chi connectivity index (χ0) is 14.5. The van der Waals surface area contributed by atoms with E-state index in [4.69, 9.17) is 15.6 Å². The number of benzene rings is 1. The molecule has 5 heteroatoms. The van der Waals surface area contributed by atoms with Crippen LogP contribution in [0.1, 0.15) is 19.4 Å². The largest absolute Gasteiger partial charge is 0.493 e. The molecule has 0 amide bonds. The number of hydrogen-bond acceptors (Lipinski definition) is 4. The van der Waals surface area contributed by atoms with Gasteiger partial charge in [0, 0.05) is 10.5 Å². The monoisotopic (exact) mass is 283 g/mol. The molecule has 1 aromatic carbocycles. The number of aryl methyl sites for hydroxylation is 1. The molecule has 0 saturated carbocycles. The maximum atomic E-state index is 10.9. The smallest absolute Gasteiger partial charge is 0.321 e. The van der Waals surface area contributed by atoms with E-state index in [1.165, 1.54) is 11.8 Å². The molecule has 0 bridgehead atoms. The molecule has 0 aliphatic rings. The van der Waals surface area contributed by atoms with E-state index in [0.29, 0.717) is 12.4 Å². The quantitative estimate of drug-likeness (QED) is 0.751. The van der Waals surface area contributed by atoms with E-state index >= 15 is 0 Å². The predicted octanol–water partition coefficient (Wildman–Crippen LogP) is 2.30. The van der Waals surface area contributed by atoms with E-state index in [0.717, 1.165) is 11.3 Å². The number of aliphatic carboxylic acids is 1. The van der Waals surface area contributed by atoms with Gasteiger partial charge in [0.1, 0.15) is 11.8 Å². The van der Waals surface area contributed by atoms with Crippen molar-refractivity contribution in [3.8, 4) is 5.75 Å². The molecule has 0 aliphatic heterocycles. The third kappa shape index (κ3) is 5.12. The summed E-state index contributed by atoms with van der Waals surface area (Å²) in [7, 11) is 0. The van der Waals surface area contributed by atoms with Crippen molar-refractivity contribution >= 4 is 17.7 Å². The fourth-order valence-corrected chi connectivity index (χ4v) is 2.53. The van der Waals surface area contributed by atoms with E-state index < -0.39 is 16.8 Å². The average molecular weight is 283 g/mol. The molecule has 0 fully saturated rings. The maximum absolute atomic E-state index is 10.9. The summed E-state index contributed by atoms with van der Waals surface area (Å²) in [6.45, 7) is 6.22. The summed E-state index contributed by atoms with van der Waals surface area (Å²) in [6, 6.07) is 6.96. The molecular weight excluding hydrogens is 262 g/mol. The summed E-state index contributed by atoms with van der Waals surface area (Å²) in [5.41, 5.74) is 6.80. The van der Waals surface area contributed by atoms with Crippen LogP contribution >= 0.6 is 11.8 Å². The van der Waals surface area contributed by atoms with Crippen LogP contribution in [0.15, 0.2) is 24.3 Å². The van der Waals surface area contributed by atoms with Crippen molar-refractivity contribution in [2.24, 2.45) is 5.73 Å². The zero-order valence-corrected chi connectivity index (χ0v) is 12.4. The highest BCUT2D eigenvalue weighted by Crippen LogP contribution is 2.27. The van der Waals surface area contributed by atoms with Crippen LogP contribution in [0.2, 0.25) is 0 Å². The van der Waals surface area contributed by atoms with Gasteiger partial charge in [-0.25, -0.2) is 0 Å². The average Bonchev–Trinajstić information content (AvgIpc) is 2.33. The van der Waals surface area contributed by atoms with Crippen LogP contribution in [0, 0.1) is 6.92 Å². The van der Waals surface area contributed by atoms with Crippen molar-refractivity contribution in [3.63, 3.8) is 0 Å². The first-order valence-corrected chi connectivity index (χ1v) is 7.13. The van der Waals surface area contributed by atoms with E-state index in [2.05, 4.69) is 0 Å². The Balaban J connectivity index is 2.36. The molecular formula is C14H21NO3S. The number of carboxylic acid groups (broad SMARTS) is 1. The number of hydrogen-bond donors (Lipinski definition) is 2. The minimum atomic E-state index is -0.975. The fourth-order valence-electron chi connectivity index (χ4n) is 1.56. The van der Waals surface area contributed by atoms with Gasteiger partial charge in [-0.05, 0) is 38.5 Å². The summed E-state index contributed by atoms with van der Waals surface area (Å²) in [5, 5.41) is 8.91. The topological polar surface area (TPSA) is 72.5 Å². The highest BCUT2D eigenvalue weighted by Gasteiger charge is 2.32. The molecule has 19 heavy (non-hydrogen) atoms. The first kappa shape index (κ1) is 15.9. The lowest BCUT2D eigenvalue weighted by molar-refractivity contribution is -0.139. The van der Waals surface area contributed by atoms with Gasteiger partial charge in [-0.2, -0.15) is 0 Å². The molecule has 1 rings (SSSR count). The minimum absolute atomic E-state index is 0.512. The lowest BCUT2D eigenvalue weighted by Gasteiger charge is -2.27. The van der Waals surface area contributed by atoms with Gasteiger partial charge in [-0.15, -0.1) is 11.8 Å². The first-order valence-electron chi connectivity index (χ1n) is 6.15. The Labute approximate surface area is 118 Å². The Kier molecular flexibility index (Phi) is 5.69. The molecule has 0 spiro atoms. The van der Waals surface area contributed by atoms with E-state index in [1.54, 1.807) is 0 Å². The predicted molar refractivity (Wildman–Crippen MR) is 78.8 cm³/mol. The van der Waals surface area contributed by atoms with Gasteiger partial charge >= 0.3 is 5.97 Å². The Hall–Kier alpha value is -1.20. The number of nitrogens with two attached hydrogens (primary N) is 1. The molecule has 106 valence electrons. The summed E-state index contributed by atoms with van der Waals surface area (Å²) >= 11 is 1.51. The van der Waals surface area contributed by atoms with Crippen LogP contribution in [0.25, 0.3) is 0 Å². The molecule has 0 saturated heterocycles. The Morgan fingerprint density at radius 3 is 2.79 bits per heavy atom. The van der Waals surface area contributed by atoms with Crippen molar-refractivity contribution in [2.45, 2.75) is 31.6 Å². The zero-order valence-electron chi connectivity index (χ0n) is 11.6. The Morgan fingerprint density at radius 1 is 1.53 bits per heavy atom. The van der Waals surface area contributed by atoms with Crippen LogP contribution in [-0.2, 0) is 4.79 Å². The van der Waals surface area contributed by atoms with Gasteiger partial charge in [0.15, 0.2) is 0 Å². The molecule has 0 aliphatic carbocycles. The number of ether oxygens (including phenoxy) is 1. The van der Waals surface area contributed by atoms with E-state index in [1.807, 2.05) is 45.0 Å². The van der Waals surface area contributed by atoms with Gasteiger partial charge in [0.05, 0.1) is 6.61 Å². The SMILES string of the molecule is Cc1cccc(OCCSC(C)(C)[C@H](N)C(=O)O)c1. The Bertz CT molecular complexity index is 434. The molecule has 0 radical (unpaired) electrons. The van der Waals surface area contributed by atoms with Gasteiger partial charge < -0.3 is 15.6 Å². The minimum Gasteiger partial charge on any atom is -0.493 e. The molecule has 3 N–H and O–H groups in total.